The molecule has 0 bridgehead atoms. The van der Waals surface area contributed by atoms with E-state index >= 15 is 0 Å². The first kappa shape index (κ1) is 12.4. The summed E-state index contributed by atoms with van der Waals surface area (Å²) in [6, 6.07) is 0. The zero-order chi connectivity index (χ0) is 12.0. The maximum atomic E-state index is 10.7. The predicted octanol–water partition coefficient (Wildman–Crippen LogP) is 1.80. The maximum Gasteiger partial charge on any atom is 0.356 e. The highest BCUT2D eigenvalue weighted by atomic mass is 16.4. The largest absolute Gasteiger partial charge is 0.476 e. The monoisotopic (exact) mass is 223 g/mol. The van der Waals surface area contributed by atoms with Gasteiger partial charge in [-0.3, -0.25) is 4.98 Å². The molecule has 0 aliphatic carbocycles. The summed E-state index contributed by atoms with van der Waals surface area (Å²) in [5.74, 6) is -0.438. The Bertz CT molecular complexity index is 355. The molecule has 5 nitrogen and oxygen atoms in total. The Labute approximate surface area is 95.1 Å². The molecule has 1 aromatic rings. The van der Waals surface area contributed by atoms with Crippen molar-refractivity contribution >= 4 is 11.8 Å². The molecule has 16 heavy (non-hydrogen) atoms. The maximum absolute atomic E-state index is 10.7. The van der Waals surface area contributed by atoms with Crippen LogP contribution in [0.1, 0.15) is 36.7 Å². The van der Waals surface area contributed by atoms with Crippen molar-refractivity contribution in [2.24, 2.45) is 0 Å². The minimum atomic E-state index is -1.05. The summed E-state index contributed by atoms with van der Waals surface area (Å²) in [6.07, 6.45) is 6.24. The van der Waals surface area contributed by atoms with Gasteiger partial charge in [0.2, 0.25) is 0 Å². The Hall–Kier alpha value is -1.65. The number of carboxylic acids is 1. The van der Waals surface area contributed by atoms with E-state index in [0.717, 1.165) is 25.8 Å². The summed E-state index contributed by atoms with van der Waals surface area (Å²) in [4.78, 5) is 20.5. The molecule has 0 aliphatic heterocycles. The molecular weight excluding hydrogens is 206 g/mol. The summed E-state index contributed by atoms with van der Waals surface area (Å²) >= 11 is 0. The van der Waals surface area contributed by atoms with Crippen molar-refractivity contribution in [1.29, 1.82) is 0 Å². The van der Waals surface area contributed by atoms with Crippen molar-refractivity contribution in [3.63, 3.8) is 0 Å². The fourth-order valence-electron chi connectivity index (χ4n) is 1.36. The van der Waals surface area contributed by atoms with Gasteiger partial charge in [-0.15, -0.1) is 0 Å². The van der Waals surface area contributed by atoms with Gasteiger partial charge in [0.1, 0.15) is 5.82 Å². The van der Waals surface area contributed by atoms with Gasteiger partial charge in [-0.1, -0.05) is 19.8 Å². The van der Waals surface area contributed by atoms with E-state index in [1.165, 1.54) is 6.20 Å². The highest BCUT2D eigenvalue weighted by molar-refractivity contribution is 5.85. The highest BCUT2D eigenvalue weighted by Crippen LogP contribution is 2.09. The molecule has 0 saturated carbocycles. The van der Waals surface area contributed by atoms with Gasteiger partial charge in [-0.2, -0.15) is 0 Å². The van der Waals surface area contributed by atoms with Gasteiger partial charge < -0.3 is 10.0 Å². The Balaban J connectivity index is 2.64. The second-order valence-corrected chi connectivity index (χ2v) is 3.70. The van der Waals surface area contributed by atoms with Crippen molar-refractivity contribution in [2.45, 2.75) is 26.2 Å². The van der Waals surface area contributed by atoms with Crippen LogP contribution in [0.25, 0.3) is 0 Å². The van der Waals surface area contributed by atoms with Gasteiger partial charge in [-0.05, 0) is 6.42 Å². The molecule has 1 aromatic heterocycles. The second kappa shape index (κ2) is 6.05. The quantitative estimate of drug-likeness (QED) is 0.745. The number of nitrogens with zero attached hydrogens (tertiary/aromatic N) is 3. The molecule has 1 heterocycles. The van der Waals surface area contributed by atoms with Crippen LogP contribution in [0.3, 0.4) is 0 Å². The molecule has 0 aromatic carbocycles. The van der Waals surface area contributed by atoms with E-state index in [1.54, 1.807) is 6.20 Å². The van der Waals surface area contributed by atoms with Crippen LogP contribution in [0, 0.1) is 0 Å². The third kappa shape index (κ3) is 3.49. The van der Waals surface area contributed by atoms with Crippen LogP contribution >= 0.6 is 0 Å². The first-order chi connectivity index (χ1) is 7.65. The molecule has 5 heteroatoms. The number of hydrogen-bond acceptors (Lipinski definition) is 4. The number of rotatable bonds is 6. The van der Waals surface area contributed by atoms with Gasteiger partial charge in [0, 0.05) is 13.6 Å². The number of aromatic nitrogens is 2. The van der Waals surface area contributed by atoms with Crippen molar-refractivity contribution in [3.05, 3.63) is 18.1 Å². The lowest BCUT2D eigenvalue weighted by Gasteiger charge is -2.17. The molecule has 1 rings (SSSR count). The zero-order valence-electron chi connectivity index (χ0n) is 9.68. The molecule has 1 N–H and O–H groups in total. The number of aromatic carboxylic acids is 1. The molecule has 0 radical (unpaired) electrons. The Morgan fingerprint density at radius 1 is 1.44 bits per heavy atom. The predicted molar refractivity (Wildman–Crippen MR) is 61.8 cm³/mol. The van der Waals surface area contributed by atoms with Gasteiger partial charge in [0.05, 0.1) is 12.4 Å². The average molecular weight is 223 g/mol. The Kier molecular flexibility index (Phi) is 4.69. The minimum absolute atomic E-state index is 0.0140. The summed E-state index contributed by atoms with van der Waals surface area (Å²) in [6.45, 7) is 3.01. The van der Waals surface area contributed by atoms with Crippen LogP contribution in [0.4, 0.5) is 5.82 Å². The van der Waals surface area contributed by atoms with Crippen molar-refractivity contribution in [2.75, 3.05) is 18.5 Å². The van der Waals surface area contributed by atoms with Crippen LogP contribution in [0.5, 0.6) is 0 Å². The van der Waals surface area contributed by atoms with Gasteiger partial charge in [0.25, 0.3) is 0 Å². The fraction of sp³-hybridized carbons (Fsp3) is 0.545. The summed E-state index contributed by atoms with van der Waals surface area (Å²) < 4.78 is 0. The number of carbonyl (C=O) groups is 1. The van der Waals surface area contributed by atoms with Crippen LogP contribution in [-0.4, -0.2) is 34.6 Å². The molecule has 0 aliphatic rings. The molecule has 0 fully saturated rings. The normalized spacial score (nSPS) is 10.1. The van der Waals surface area contributed by atoms with E-state index < -0.39 is 5.97 Å². The Morgan fingerprint density at radius 2 is 2.19 bits per heavy atom. The van der Waals surface area contributed by atoms with E-state index in [1.807, 2.05) is 11.9 Å². The first-order valence-corrected chi connectivity index (χ1v) is 5.41. The molecular formula is C11H17N3O2. The third-order valence-electron chi connectivity index (χ3n) is 2.33. The van der Waals surface area contributed by atoms with Crippen LogP contribution in [0.15, 0.2) is 12.4 Å². The molecule has 0 unspecified atom stereocenters. The van der Waals surface area contributed by atoms with E-state index in [0.29, 0.717) is 5.82 Å². The lowest BCUT2D eigenvalue weighted by Crippen LogP contribution is -2.20. The molecule has 0 spiro atoms. The fourth-order valence-corrected chi connectivity index (χ4v) is 1.36. The standard InChI is InChI=1S/C11H17N3O2/c1-3-4-5-6-14(2)10-8-12-7-9(13-10)11(15)16/h7-8H,3-6H2,1-2H3,(H,15,16). The van der Waals surface area contributed by atoms with E-state index in [9.17, 15) is 4.79 Å². The van der Waals surface area contributed by atoms with Crippen LogP contribution < -0.4 is 4.90 Å². The third-order valence-corrected chi connectivity index (χ3v) is 2.33. The topological polar surface area (TPSA) is 66.3 Å². The Morgan fingerprint density at radius 3 is 2.81 bits per heavy atom. The van der Waals surface area contributed by atoms with Crippen LogP contribution in [0.2, 0.25) is 0 Å². The zero-order valence-corrected chi connectivity index (χ0v) is 9.68. The van der Waals surface area contributed by atoms with E-state index in [4.69, 9.17) is 5.11 Å². The lowest BCUT2D eigenvalue weighted by atomic mass is 10.2. The van der Waals surface area contributed by atoms with Crippen molar-refractivity contribution in [1.82, 2.24) is 9.97 Å². The van der Waals surface area contributed by atoms with Gasteiger partial charge >= 0.3 is 5.97 Å². The first-order valence-electron chi connectivity index (χ1n) is 5.41. The summed E-state index contributed by atoms with van der Waals surface area (Å²) in [5.41, 5.74) is -0.0140. The molecule has 88 valence electrons. The highest BCUT2D eigenvalue weighted by Gasteiger charge is 2.08. The SMILES string of the molecule is CCCCCN(C)c1cncc(C(=O)O)n1. The number of carboxylic acid groups (broad SMARTS) is 1. The average Bonchev–Trinajstić information content (AvgIpc) is 2.29. The van der Waals surface area contributed by atoms with Crippen LogP contribution in [-0.2, 0) is 0 Å². The molecule has 0 atom stereocenters. The summed E-state index contributed by atoms with van der Waals surface area (Å²) in [5, 5.41) is 8.78. The minimum Gasteiger partial charge on any atom is -0.476 e. The van der Waals surface area contributed by atoms with Gasteiger partial charge in [-0.25, -0.2) is 9.78 Å². The number of hydrogen-bond donors (Lipinski definition) is 1. The van der Waals surface area contributed by atoms with Gasteiger partial charge in [0.15, 0.2) is 5.69 Å². The number of unbranched alkanes of at least 4 members (excludes halogenated alkanes) is 2. The number of anilines is 1. The van der Waals surface area contributed by atoms with E-state index in [-0.39, 0.29) is 5.69 Å². The lowest BCUT2D eigenvalue weighted by molar-refractivity contribution is 0.0690. The smallest absolute Gasteiger partial charge is 0.356 e. The second-order valence-electron chi connectivity index (χ2n) is 3.70. The summed E-state index contributed by atoms with van der Waals surface area (Å²) in [7, 11) is 1.89. The van der Waals surface area contributed by atoms with Crippen molar-refractivity contribution < 1.29 is 9.90 Å². The van der Waals surface area contributed by atoms with E-state index in [2.05, 4.69) is 16.9 Å². The molecule has 0 amide bonds. The molecule has 0 saturated heterocycles. The van der Waals surface area contributed by atoms with Crippen molar-refractivity contribution in [3.8, 4) is 0 Å².